The zero-order valence-corrected chi connectivity index (χ0v) is 52.2. The van der Waals surface area contributed by atoms with Crippen LogP contribution < -0.4 is 0 Å². The lowest BCUT2D eigenvalue weighted by molar-refractivity contribution is 0.393. The topological polar surface area (TPSA) is 119 Å². The van der Waals surface area contributed by atoms with Crippen molar-refractivity contribution in [2.45, 2.75) is 187 Å². The second-order valence-electron chi connectivity index (χ2n) is 26.0. The fourth-order valence-electron chi connectivity index (χ4n) is 7.17. The van der Waals surface area contributed by atoms with Crippen LogP contribution in [0, 0.1) is 53.3 Å². The molecule has 78 heavy (non-hydrogen) atoms. The van der Waals surface area contributed by atoms with E-state index in [-0.39, 0.29) is 38.2 Å². The zero-order chi connectivity index (χ0) is 60.3. The Morgan fingerprint density at radius 1 is 0.487 bits per heavy atom. The number of aromatic nitrogens is 8. The lowest BCUT2D eigenvalue weighted by atomic mass is 9.92. The molecular weight excluding hydrogens is 959 g/mol. The van der Waals surface area contributed by atoms with Crippen LogP contribution in [0.2, 0.25) is 0 Å². The fraction of sp³-hybridized carbons (Fsp3) is 0.478. The quantitative estimate of drug-likeness (QED) is 0.205. The Labute approximate surface area is 473 Å². The Morgan fingerprint density at radius 2 is 0.936 bits per heavy atom. The number of nitrogens with zero attached hydrogens (tertiary/aromatic N) is 10. The monoisotopic (exact) mass is 1060 g/mol. The third-order valence-electron chi connectivity index (χ3n) is 11.8. The van der Waals surface area contributed by atoms with E-state index < -0.39 is 0 Å². The predicted octanol–water partition coefficient (Wildman–Crippen LogP) is 16.2. The number of rotatable bonds is 4. The molecule has 0 atom stereocenters. The molecule has 4 aromatic heterocycles. The van der Waals surface area contributed by atoms with Gasteiger partial charge in [0.2, 0.25) is 0 Å². The molecule has 0 amide bonds. The maximum Gasteiger partial charge on any atom is 0.185 e. The van der Waals surface area contributed by atoms with Gasteiger partial charge in [-0.1, -0.05) is 154 Å². The van der Waals surface area contributed by atoms with Crippen LogP contribution in [0.4, 0.5) is 0 Å². The molecule has 3 aliphatic heterocycles. The molecule has 7 rings (SSSR count). The summed E-state index contributed by atoms with van der Waals surface area (Å²) < 4.78 is 6.15. The van der Waals surface area contributed by atoms with Crippen LogP contribution >= 0.6 is 0 Å². The lowest BCUT2D eigenvalue weighted by Gasteiger charge is -2.22. The Hall–Kier alpha value is -7.29. The molecule has 11 heteroatoms. The second-order valence-corrected chi connectivity index (χ2v) is 26.0. The first kappa shape index (κ1) is 68.7. The summed E-state index contributed by atoms with van der Waals surface area (Å²) >= 11 is 0. The molecule has 0 aliphatic carbocycles. The molecule has 3 aliphatic rings. The van der Waals surface area contributed by atoms with E-state index in [1.165, 1.54) is 17.1 Å². The number of H-pyrrole nitrogens is 1. The molecular formula is C67H97N11. The van der Waals surface area contributed by atoms with Gasteiger partial charge in [0.1, 0.15) is 11.6 Å². The Kier molecular flexibility index (Phi) is 25.5. The molecule has 0 saturated carbocycles. The zero-order valence-electron chi connectivity index (χ0n) is 52.2. The van der Waals surface area contributed by atoms with Gasteiger partial charge in [0.15, 0.2) is 11.6 Å². The summed E-state index contributed by atoms with van der Waals surface area (Å²) in [6.45, 7) is 59.8. The van der Waals surface area contributed by atoms with Crippen molar-refractivity contribution in [3.63, 3.8) is 0 Å². The van der Waals surface area contributed by atoms with Crippen molar-refractivity contribution in [3.05, 3.63) is 146 Å². The fourth-order valence-corrected chi connectivity index (χ4v) is 7.17. The Balaban J connectivity index is 0.000000455. The number of terminal acetylenes is 3. The highest BCUT2D eigenvalue weighted by molar-refractivity contribution is 6.03. The van der Waals surface area contributed by atoms with Gasteiger partial charge >= 0.3 is 0 Å². The van der Waals surface area contributed by atoms with E-state index in [2.05, 4.69) is 257 Å². The minimum atomic E-state index is 0.0260. The summed E-state index contributed by atoms with van der Waals surface area (Å²) in [7, 11) is 2.02. The number of hydrogen-bond acceptors (Lipinski definition) is 7. The molecule has 0 aromatic carbocycles. The van der Waals surface area contributed by atoms with Crippen LogP contribution in [0.25, 0.3) is 12.2 Å². The highest BCUT2D eigenvalue weighted by atomic mass is 15.1. The smallest absolute Gasteiger partial charge is 0.185 e. The number of hydrogen-bond donors (Lipinski definition) is 1. The van der Waals surface area contributed by atoms with E-state index in [0.717, 1.165) is 59.4 Å². The summed E-state index contributed by atoms with van der Waals surface area (Å²) in [5, 5.41) is 0. The summed E-state index contributed by atoms with van der Waals surface area (Å²) in [5.74, 6) is 10.7. The summed E-state index contributed by atoms with van der Waals surface area (Å²) in [6.07, 6.45) is 43.1. The molecule has 0 radical (unpaired) electrons. The van der Waals surface area contributed by atoms with Crippen LogP contribution in [0.5, 0.6) is 0 Å². The molecule has 0 saturated heterocycles. The van der Waals surface area contributed by atoms with Crippen molar-refractivity contribution in [1.82, 2.24) is 38.6 Å². The molecule has 0 bridgehead atoms. The van der Waals surface area contributed by atoms with Gasteiger partial charge in [0.25, 0.3) is 0 Å². The van der Waals surface area contributed by atoms with Gasteiger partial charge in [-0.2, -0.15) is 0 Å². The van der Waals surface area contributed by atoms with Gasteiger partial charge in [0, 0.05) is 142 Å². The van der Waals surface area contributed by atoms with Crippen molar-refractivity contribution in [3.8, 4) is 37.0 Å². The van der Waals surface area contributed by atoms with E-state index in [4.69, 9.17) is 19.3 Å². The molecule has 4 aromatic rings. The number of imidazole rings is 4. The van der Waals surface area contributed by atoms with Gasteiger partial charge in [-0.05, 0) is 77.7 Å². The lowest BCUT2D eigenvalue weighted by Crippen LogP contribution is -2.22. The first-order chi connectivity index (χ1) is 35.7. The van der Waals surface area contributed by atoms with E-state index in [1.54, 1.807) is 30.7 Å². The molecule has 0 fully saturated rings. The highest BCUT2D eigenvalue weighted by Crippen LogP contribution is 2.32. The number of allylic oxidation sites excluding steroid dienone is 8. The molecule has 420 valence electrons. The van der Waals surface area contributed by atoms with Crippen molar-refractivity contribution in [1.29, 1.82) is 0 Å². The van der Waals surface area contributed by atoms with Gasteiger partial charge in [0.05, 0.1) is 5.71 Å². The predicted molar refractivity (Wildman–Crippen MR) is 338 cm³/mol. The van der Waals surface area contributed by atoms with Crippen LogP contribution in [-0.4, -0.2) is 55.8 Å². The second kappa shape index (κ2) is 28.9. The maximum atomic E-state index is 5.26. The van der Waals surface area contributed by atoms with Crippen LogP contribution in [0.1, 0.15) is 199 Å². The van der Waals surface area contributed by atoms with E-state index in [0.29, 0.717) is 11.6 Å². The molecule has 0 spiro atoms. The van der Waals surface area contributed by atoms with E-state index in [9.17, 15) is 0 Å². The van der Waals surface area contributed by atoms with Crippen molar-refractivity contribution < 1.29 is 0 Å². The number of aromatic amines is 1. The summed E-state index contributed by atoms with van der Waals surface area (Å²) in [6, 6.07) is 0. The molecule has 0 unspecified atom stereocenters. The van der Waals surface area contributed by atoms with Crippen molar-refractivity contribution in [2.24, 2.45) is 38.3 Å². The molecule has 11 nitrogen and oxygen atoms in total. The number of nitrogens with one attached hydrogen (secondary N) is 1. The minimum absolute atomic E-state index is 0.0260. The standard InChI is InChI=1S/C10H16N2.2C10H15N.C10H13N.C9H14N2.2C9H12N2/c1-6-9-11-7-8(12(9)5)10(2,3)4;3*1-5-8-6-7-9(11-8)10(2,3)4;2*1-5-8-10-6-7-11(8)9(2,3)4;1-5-8-10-6-7(11-8)9(2,3)4/h6-7H,1H2,2-5H3;2*5,7H,1,6H2,2-4H3;1,7H,6H2,2-4H3;5-7H,1H2,2-4H3;1,6-7H,2-4H3;1,6H,2-4H3,(H,10,11). The van der Waals surface area contributed by atoms with Crippen LogP contribution in [-0.2, 0) is 29.0 Å². The van der Waals surface area contributed by atoms with Crippen molar-refractivity contribution in [2.75, 3.05) is 0 Å². The average molecular weight is 1060 g/mol. The summed E-state index contributed by atoms with van der Waals surface area (Å²) in [5.41, 5.74) is 9.73. The normalized spacial score (nSPS) is 14.0. The maximum absolute atomic E-state index is 5.26. The third kappa shape index (κ3) is 22.7. The molecule has 1 N–H and O–H groups in total. The highest BCUT2D eigenvalue weighted by Gasteiger charge is 2.23. The van der Waals surface area contributed by atoms with Crippen LogP contribution in [0.3, 0.4) is 0 Å². The number of aliphatic imine (C=N–C) groups is 3. The first-order valence-electron chi connectivity index (χ1n) is 26.6. The van der Waals surface area contributed by atoms with Gasteiger partial charge in [-0.25, -0.2) is 24.9 Å². The third-order valence-corrected chi connectivity index (χ3v) is 11.8. The van der Waals surface area contributed by atoms with E-state index in [1.807, 2.05) is 42.4 Å². The Bertz CT molecular complexity index is 2900. The largest absolute Gasteiger partial charge is 0.335 e. The Morgan fingerprint density at radius 3 is 1.19 bits per heavy atom. The first-order valence-corrected chi connectivity index (χ1v) is 26.6. The van der Waals surface area contributed by atoms with Crippen molar-refractivity contribution >= 4 is 29.3 Å². The van der Waals surface area contributed by atoms with Gasteiger partial charge < -0.3 is 18.7 Å². The average Bonchev–Trinajstić information content (AvgIpc) is 4.19. The van der Waals surface area contributed by atoms with E-state index >= 15 is 0 Å². The molecule has 7 heterocycles. The minimum Gasteiger partial charge on any atom is -0.335 e. The van der Waals surface area contributed by atoms with Gasteiger partial charge in [-0.3, -0.25) is 9.98 Å². The SMILES string of the molecule is C#CC1=NC(C(C)(C)C)=CC1.C#Cc1ncc(C(C)(C)C)[nH]1.C#Cc1nccn1C(C)(C)C.C=CC1=NC(C(C)(C)C)=CC1.C=CC1=NC(C(C)(C)C)=CC1.C=Cc1ncc(C(C)(C)C)n1C.C=Cc1nccn1C(C)(C)C. The summed E-state index contributed by atoms with van der Waals surface area (Å²) in [4.78, 5) is 32.7. The van der Waals surface area contributed by atoms with Gasteiger partial charge in [-0.15, -0.1) is 19.3 Å². The van der Waals surface area contributed by atoms with Crippen LogP contribution in [0.15, 0.2) is 126 Å².